The lowest BCUT2D eigenvalue weighted by atomic mass is 9.99. The highest BCUT2D eigenvalue weighted by molar-refractivity contribution is 5.90. The number of rotatable bonds is 3. The summed E-state index contributed by atoms with van der Waals surface area (Å²) >= 11 is 0. The zero-order valence-corrected chi connectivity index (χ0v) is 11.5. The molecular formula is C14H18N2O4. The van der Waals surface area contributed by atoms with Gasteiger partial charge in [-0.2, -0.15) is 0 Å². The normalized spacial score (nSPS) is 21.6. The summed E-state index contributed by atoms with van der Waals surface area (Å²) in [6.45, 7) is 2.55. The number of ether oxygens (including phenoxy) is 1. The van der Waals surface area contributed by atoms with Crippen molar-refractivity contribution in [2.75, 3.05) is 25.5 Å². The average Bonchev–Trinajstić information content (AvgIpc) is 2.82. The zero-order chi connectivity index (χ0) is 14.7. The lowest BCUT2D eigenvalue weighted by Gasteiger charge is -2.17. The predicted molar refractivity (Wildman–Crippen MR) is 73.9 cm³/mol. The first-order valence-corrected chi connectivity index (χ1v) is 6.44. The van der Waals surface area contributed by atoms with Crippen molar-refractivity contribution in [3.05, 3.63) is 24.3 Å². The standard InChI is InChI=1S/C14H18N2O4/c1-9-7-16(8-12(9)13(17)18)14(19)15-10-3-5-11(20-2)6-4-10/h3-6,9,12H,7-8H2,1-2H3,(H,15,19)(H,17,18)/t9-,12-/m1/s1. The van der Waals surface area contributed by atoms with E-state index >= 15 is 0 Å². The van der Waals surface area contributed by atoms with E-state index in [2.05, 4.69) is 5.32 Å². The first-order valence-electron chi connectivity index (χ1n) is 6.44. The van der Waals surface area contributed by atoms with Crippen LogP contribution in [0.5, 0.6) is 5.75 Å². The number of carboxylic acids is 1. The van der Waals surface area contributed by atoms with Gasteiger partial charge in [-0.15, -0.1) is 0 Å². The van der Waals surface area contributed by atoms with Gasteiger partial charge >= 0.3 is 12.0 Å². The van der Waals surface area contributed by atoms with Crippen molar-refractivity contribution < 1.29 is 19.4 Å². The molecule has 20 heavy (non-hydrogen) atoms. The molecule has 6 nitrogen and oxygen atoms in total. The fraction of sp³-hybridized carbons (Fsp3) is 0.429. The highest BCUT2D eigenvalue weighted by Crippen LogP contribution is 2.24. The molecule has 108 valence electrons. The van der Waals surface area contributed by atoms with Gasteiger partial charge < -0.3 is 20.1 Å². The first kappa shape index (κ1) is 14.2. The Morgan fingerprint density at radius 2 is 1.95 bits per heavy atom. The van der Waals surface area contributed by atoms with Crippen LogP contribution in [0.2, 0.25) is 0 Å². The number of anilines is 1. The highest BCUT2D eigenvalue weighted by Gasteiger charge is 2.36. The summed E-state index contributed by atoms with van der Waals surface area (Å²) in [5.41, 5.74) is 0.655. The molecule has 0 radical (unpaired) electrons. The molecule has 0 aliphatic carbocycles. The number of hydrogen-bond acceptors (Lipinski definition) is 3. The topological polar surface area (TPSA) is 78.9 Å². The van der Waals surface area contributed by atoms with Crippen molar-refractivity contribution in [2.45, 2.75) is 6.92 Å². The van der Waals surface area contributed by atoms with Crippen LogP contribution in [0.3, 0.4) is 0 Å². The van der Waals surface area contributed by atoms with Crippen LogP contribution >= 0.6 is 0 Å². The van der Waals surface area contributed by atoms with Gasteiger partial charge in [-0.1, -0.05) is 6.92 Å². The lowest BCUT2D eigenvalue weighted by molar-refractivity contribution is -0.142. The molecule has 1 aromatic carbocycles. The summed E-state index contributed by atoms with van der Waals surface area (Å²) < 4.78 is 5.04. The summed E-state index contributed by atoms with van der Waals surface area (Å²) in [7, 11) is 1.57. The van der Waals surface area contributed by atoms with Gasteiger partial charge in [0.1, 0.15) is 5.75 Å². The maximum Gasteiger partial charge on any atom is 0.321 e. The Kier molecular flexibility index (Phi) is 4.12. The maximum absolute atomic E-state index is 12.1. The van der Waals surface area contributed by atoms with Crippen LogP contribution in [-0.4, -0.2) is 42.2 Å². The number of methoxy groups -OCH3 is 1. The summed E-state index contributed by atoms with van der Waals surface area (Å²) in [5, 5.41) is 11.8. The third-order valence-corrected chi connectivity index (χ3v) is 3.56. The van der Waals surface area contributed by atoms with E-state index in [-0.39, 0.29) is 18.5 Å². The number of nitrogens with one attached hydrogen (secondary N) is 1. The van der Waals surface area contributed by atoms with Crippen LogP contribution in [0, 0.1) is 11.8 Å². The summed E-state index contributed by atoms with van der Waals surface area (Å²) in [6, 6.07) is 6.71. The van der Waals surface area contributed by atoms with Gasteiger partial charge in [0.25, 0.3) is 0 Å². The van der Waals surface area contributed by atoms with Gasteiger partial charge in [-0.3, -0.25) is 4.79 Å². The molecule has 0 bridgehead atoms. The molecule has 2 N–H and O–H groups in total. The lowest BCUT2D eigenvalue weighted by Crippen LogP contribution is -2.33. The Balaban J connectivity index is 1.96. The molecule has 0 aromatic heterocycles. The van der Waals surface area contributed by atoms with Crippen LogP contribution in [0.25, 0.3) is 0 Å². The van der Waals surface area contributed by atoms with E-state index in [1.165, 1.54) is 4.90 Å². The van der Waals surface area contributed by atoms with Gasteiger partial charge in [0.2, 0.25) is 0 Å². The van der Waals surface area contributed by atoms with Crippen molar-refractivity contribution in [3.8, 4) is 5.75 Å². The molecule has 6 heteroatoms. The van der Waals surface area contributed by atoms with E-state index in [9.17, 15) is 9.59 Å². The third-order valence-electron chi connectivity index (χ3n) is 3.56. The fourth-order valence-electron chi connectivity index (χ4n) is 2.33. The zero-order valence-electron chi connectivity index (χ0n) is 11.5. The van der Waals surface area contributed by atoms with Crippen LogP contribution in [0.1, 0.15) is 6.92 Å². The van der Waals surface area contributed by atoms with E-state index in [1.807, 2.05) is 6.92 Å². The molecule has 1 saturated heterocycles. The van der Waals surface area contributed by atoms with Crippen molar-refractivity contribution in [2.24, 2.45) is 11.8 Å². The number of likely N-dealkylation sites (tertiary alicyclic amines) is 1. The fourth-order valence-corrected chi connectivity index (χ4v) is 2.33. The van der Waals surface area contributed by atoms with Crippen molar-refractivity contribution in [1.29, 1.82) is 0 Å². The summed E-state index contributed by atoms with van der Waals surface area (Å²) in [5.74, 6) is -0.660. The molecule has 0 saturated carbocycles. The minimum atomic E-state index is -0.850. The Morgan fingerprint density at radius 3 is 2.45 bits per heavy atom. The molecule has 2 amide bonds. The number of nitrogens with zero attached hydrogens (tertiary/aromatic N) is 1. The van der Waals surface area contributed by atoms with Crippen LogP contribution in [-0.2, 0) is 4.79 Å². The molecule has 0 unspecified atom stereocenters. The van der Waals surface area contributed by atoms with E-state index in [0.717, 1.165) is 0 Å². The second-order valence-corrected chi connectivity index (χ2v) is 4.99. The minimum absolute atomic E-state index is 0.0332. The second-order valence-electron chi connectivity index (χ2n) is 4.99. The van der Waals surface area contributed by atoms with Crippen LogP contribution in [0.15, 0.2) is 24.3 Å². The van der Waals surface area contributed by atoms with Crippen molar-refractivity contribution in [1.82, 2.24) is 4.90 Å². The number of urea groups is 1. The smallest absolute Gasteiger partial charge is 0.321 e. The Labute approximate surface area is 117 Å². The quantitative estimate of drug-likeness (QED) is 0.884. The number of benzene rings is 1. The average molecular weight is 278 g/mol. The van der Waals surface area contributed by atoms with Crippen molar-refractivity contribution in [3.63, 3.8) is 0 Å². The molecule has 1 heterocycles. The Hall–Kier alpha value is -2.24. The van der Waals surface area contributed by atoms with Crippen LogP contribution in [0.4, 0.5) is 10.5 Å². The molecular weight excluding hydrogens is 260 g/mol. The van der Waals surface area contributed by atoms with Gasteiger partial charge in [0, 0.05) is 18.8 Å². The van der Waals surface area contributed by atoms with Crippen LogP contribution < -0.4 is 10.1 Å². The largest absolute Gasteiger partial charge is 0.497 e. The number of hydrogen-bond donors (Lipinski definition) is 2. The predicted octanol–water partition coefficient (Wildman–Crippen LogP) is 1.88. The minimum Gasteiger partial charge on any atom is -0.497 e. The van der Waals surface area contributed by atoms with E-state index in [4.69, 9.17) is 9.84 Å². The third kappa shape index (κ3) is 3.01. The van der Waals surface area contributed by atoms with Gasteiger partial charge in [0.15, 0.2) is 0 Å². The Bertz CT molecular complexity index is 500. The molecule has 1 aliphatic heterocycles. The number of carbonyl (C=O) groups excluding carboxylic acids is 1. The summed E-state index contributed by atoms with van der Waals surface area (Å²) in [4.78, 5) is 24.6. The van der Waals surface area contributed by atoms with E-state index < -0.39 is 11.9 Å². The summed E-state index contributed by atoms with van der Waals surface area (Å²) in [6.07, 6.45) is 0. The first-order chi connectivity index (χ1) is 9.51. The molecule has 0 spiro atoms. The molecule has 2 atom stereocenters. The number of carbonyl (C=O) groups is 2. The molecule has 1 aromatic rings. The van der Waals surface area contributed by atoms with Gasteiger partial charge in [-0.05, 0) is 30.2 Å². The Morgan fingerprint density at radius 1 is 1.30 bits per heavy atom. The van der Waals surface area contributed by atoms with Crippen molar-refractivity contribution >= 4 is 17.7 Å². The number of aliphatic carboxylic acids is 1. The number of carboxylic acid groups (broad SMARTS) is 1. The molecule has 1 fully saturated rings. The SMILES string of the molecule is COc1ccc(NC(=O)N2C[C@@H](C)[C@H](C(=O)O)C2)cc1. The monoisotopic (exact) mass is 278 g/mol. The van der Waals surface area contributed by atoms with Gasteiger partial charge in [-0.25, -0.2) is 4.79 Å². The molecule has 2 rings (SSSR count). The van der Waals surface area contributed by atoms with E-state index in [1.54, 1.807) is 31.4 Å². The molecule has 1 aliphatic rings. The van der Waals surface area contributed by atoms with Gasteiger partial charge in [0.05, 0.1) is 13.0 Å². The highest BCUT2D eigenvalue weighted by atomic mass is 16.5. The maximum atomic E-state index is 12.1. The van der Waals surface area contributed by atoms with E-state index in [0.29, 0.717) is 18.0 Å². The second kappa shape index (κ2) is 5.81. The number of amides is 2.